The Labute approximate surface area is 99.6 Å². The molecule has 0 radical (unpaired) electrons. The Morgan fingerprint density at radius 2 is 2.25 bits per heavy atom. The summed E-state index contributed by atoms with van der Waals surface area (Å²) in [5.41, 5.74) is 1.89. The minimum absolute atomic E-state index is 0.407. The molecule has 1 atom stereocenters. The Balaban J connectivity index is 1.93. The topological polar surface area (TPSA) is 33.1 Å². The van der Waals surface area contributed by atoms with Crippen LogP contribution in [0.15, 0.2) is 35.8 Å². The fourth-order valence-electron chi connectivity index (χ4n) is 1.58. The van der Waals surface area contributed by atoms with Crippen molar-refractivity contribution in [3.8, 4) is 0 Å². The average molecular weight is 233 g/mol. The summed E-state index contributed by atoms with van der Waals surface area (Å²) in [6.45, 7) is 1.95. The van der Waals surface area contributed by atoms with Gasteiger partial charge < -0.3 is 5.11 Å². The van der Waals surface area contributed by atoms with E-state index in [0.29, 0.717) is 0 Å². The molecule has 2 heterocycles. The van der Waals surface area contributed by atoms with Crippen molar-refractivity contribution in [3.63, 3.8) is 0 Å². The fourth-order valence-corrected chi connectivity index (χ4v) is 2.30. The van der Waals surface area contributed by atoms with Crippen LogP contribution in [-0.4, -0.2) is 10.1 Å². The maximum absolute atomic E-state index is 9.97. The van der Waals surface area contributed by atoms with Crippen LogP contribution in [-0.2, 0) is 6.42 Å². The van der Waals surface area contributed by atoms with Gasteiger partial charge in [0.1, 0.15) is 0 Å². The molecule has 0 bridgehead atoms. The maximum atomic E-state index is 9.97. The third kappa shape index (κ3) is 2.90. The van der Waals surface area contributed by atoms with Gasteiger partial charge in [0.2, 0.25) is 0 Å². The third-order valence-corrected chi connectivity index (χ3v) is 3.50. The molecule has 0 saturated heterocycles. The van der Waals surface area contributed by atoms with Crippen LogP contribution in [0, 0.1) is 6.92 Å². The minimum atomic E-state index is -0.407. The largest absolute Gasteiger partial charge is 0.388 e. The summed E-state index contributed by atoms with van der Waals surface area (Å²) in [6, 6.07) is 8.02. The van der Waals surface area contributed by atoms with Gasteiger partial charge in [-0.25, -0.2) is 0 Å². The van der Waals surface area contributed by atoms with E-state index in [1.807, 2.05) is 25.1 Å². The number of aliphatic hydroxyl groups is 1. The van der Waals surface area contributed by atoms with E-state index in [1.54, 1.807) is 17.5 Å². The Morgan fingerprint density at radius 1 is 1.38 bits per heavy atom. The van der Waals surface area contributed by atoms with Crippen LogP contribution in [0.2, 0.25) is 0 Å². The molecule has 0 amide bonds. The van der Waals surface area contributed by atoms with E-state index in [0.717, 1.165) is 24.1 Å². The summed E-state index contributed by atoms with van der Waals surface area (Å²) in [6.07, 6.45) is 3.03. The van der Waals surface area contributed by atoms with Gasteiger partial charge in [-0.3, -0.25) is 4.98 Å². The van der Waals surface area contributed by atoms with E-state index in [4.69, 9.17) is 0 Å². The zero-order chi connectivity index (χ0) is 11.4. The van der Waals surface area contributed by atoms with E-state index in [-0.39, 0.29) is 0 Å². The number of rotatable bonds is 4. The Morgan fingerprint density at radius 3 is 2.88 bits per heavy atom. The number of aliphatic hydroxyl groups excluding tert-OH is 1. The normalized spacial score (nSPS) is 12.6. The third-order valence-electron chi connectivity index (χ3n) is 2.56. The van der Waals surface area contributed by atoms with E-state index in [9.17, 15) is 5.11 Å². The van der Waals surface area contributed by atoms with E-state index in [1.165, 1.54) is 4.88 Å². The van der Waals surface area contributed by atoms with Gasteiger partial charge >= 0.3 is 0 Å². The predicted octanol–water partition coefficient (Wildman–Crippen LogP) is 3.12. The van der Waals surface area contributed by atoms with Crippen molar-refractivity contribution in [1.82, 2.24) is 4.98 Å². The molecule has 2 aromatic rings. The highest BCUT2D eigenvalue weighted by Gasteiger charge is 2.08. The summed E-state index contributed by atoms with van der Waals surface area (Å²) in [5, 5.41) is 12.0. The van der Waals surface area contributed by atoms with Gasteiger partial charge in [-0.1, -0.05) is 12.1 Å². The quantitative estimate of drug-likeness (QED) is 0.880. The highest BCUT2D eigenvalue weighted by Crippen LogP contribution is 2.20. The fraction of sp³-hybridized carbons (Fsp3) is 0.308. The zero-order valence-corrected chi connectivity index (χ0v) is 10.1. The second-order valence-electron chi connectivity index (χ2n) is 3.87. The van der Waals surface area contributed by atoms with Crippen LogP contribution in [0.3, 0.4) is 0 Å². The monoisotopic (exact) mass is 233 g/mol. The lowest BCUT2D eigenvalue weighted by atomic mass is 10.1. The summed E-state index contributed by atoms with van der Waals surface area (Å²) in [5.74, 6) is 0. The first-order valence-corrected chi connectivity index (χ1v) is 6.26. The molecule has 0 fully saturated rings. The van der Waals surface area contributed by atoms with Crippen molar-refractivity contribution < 1.29 is 5.11 Å². The number of aryl methyl sites for hydroxylation is 2. The minimum Gasteiger partial charge on any atom is -0.388 e. The molecular weight excluding hydrogens is 218 g/mol. The number of aromatic nitrogens is 1. The molecule has 16 heavy (non-hydrogen) atoms. The van der Waals surface area contributed by atoms with Crippen LogP contribution >= 0.6 is 11.3 Å². The molecule has 2 nitrogen and oxygen atoms in total. The number of hydrogen-bond donors (Lipinski definition) is 1. The highest BCUT2D eigenvalue weighted by atomic mass is 32.1. The molecule has 0 aliphatic carbocycles. The molecule has 1 N–H and O–H groups in total. The Bertz CT molecular complexity index is 422. The molecule has 0 saturated carbocycles. The number of hydrogen-bond acceptors (Lipinski definition) is 3. The molecule has 0 spiro atoms. The number of pyridine rings is 1. The predicted molar refractivity (Wildman–Crippen MR) is 66.6 cm³/mol. The Hall–Kier alpha value is -1.19. The van der Waals surface area contributed by atoms with Crippen LogP contribution in [0.25, 0.3) is 0 Å². The molecule has 2 aromatic heterocycles. The summed E-state index contributed by atoms with van der Waals surface area (Å²) >= 11 is 1.74. The summed E-state index contributed by atoms with van der Waals surface area (Å²) in [4.78, 5) is 5.51. The molecule has 0 aliphatic heterocycles. The molecule has 2 rings (SSSR count). The lowest BCUT2D eigenvalue weighted by Crippen LogP contribution is -1.99. The molecule has 1 unspecified atom stereocenters. The van der Waals surface area contributed by atoms with Crippen molar-refractivity contribution in [3.05, 3.63) is 52.0 Å². The maximum Gasteiger partial charge on any atom is 0.0808 e. The van der Waals surface area contributed by atoms with Gasteiger partial charge in [-0.15, -0.1) is 11.3 Å². The summed E-state index contributed by atoms with van der Waals surface area (Å²) < 4.78 is 0. The van der Waals surface area contributed by atoms with Crippen LogP contribution < -0.4 is 0 Å². The second kappa shape index (κ2) is 5.23. The van der Waals surface area contributed by atoms with E-state index < -0.39 is 6.10 Å². The smallest absolute Gasteiger partial charge is 0.0808 e. The molecule has 3 heteroatoms. The lowest BCUT2D eigenvalue weighted by Gasteiger charge is -2.09. The van der Waals surface area contributed by atoms with Crippen molar-refractivity contribution in [2.45, 2.75) is 25.9 Å². The zero-order valence-electron chi connectivity index (χ0n) is 9.26. The molecule has 0 aromatic carbocycles. The van der Waals surface area contributed by atoms with Crippen molar-refractivity contribution >= 4 is 11.3 Å². The van der Waals surface area contributed by atoms with Crippen LogP contribution in [0.1, 0.15) is 28.7 Å². The number of thiophene rings is 1. The highest BCUT2D eigenvalue weighted by molar-refractivity contribution is 7.09. The second-order valence-corrected chi connectivity index (χ2v) is 4.90. The standard InChI is InChI=1S/C13H15NOS/c1-10-4-5-11(9-14-10)13(15)7-6-12-3-2-8-16-12/h2-5,8-9,13,15H,6-7H2,1H3. The lowest BCUT2D eigenvalue weighted by molar-refractivity contribution is 0.167. The van der Waals surface area contributed by atoms with Gasteiger partial charge in [0.25, 0.3) is 0 Å². The van der Waals surface area contributed by atoms with Crippen LogP contribution in [0.5, 0.6) is 0 Å². The van der Waals surface area contributed by atoms with E-state index >= 15 is 0 Å². The first kappa shape index (κ1) is 11.3. The molecule has 84 valence electrons. The first-order valence-electron chi connectivity index (χ1n) is 5.39. The van der Waals surface area contributed by atoms with Gasteiger partial charge in [0.05, 0.1) is 6.10 Å². The summed E-state index contributed by atoms with van der Waals surface area (Å²) in [7, 11) is 0. The van der Waals surface area contributed by atoms with Gasteiger partial charge in [0.15, 0.2) is 0 Å². The molecule has 0 aliphatic rings. The van der Waals surface area contributed by atoms with E-state index in [2.05, 4.69) is 16.4 Å². The van der Waals surface area contributed by atoms with Crippen molar-refractivity contribution in [1.29, 1.82) is 0 Å². The first-order chi connectivity index (χ1) is 7.75. The Kier molecular flexibility index (Phi) is 3.70. The van der Waals surface area contributed by atoms with Crippen molar-refractivity contribution in [2.24, 2.45) is 0 Å². The van der Waals surface area contributed by atoms with Gasteiger partial charge in [-0.05, 0) is 42.8 Å². The van der Waals surface area contributed by atoms with Crippen LogP contribution in [0.4, 0.5) is 0 Å². The van der Waals surface area contributed by atoms with Gasteiger partial charge in [0, 0.05) is 16.8 Å². The SMILES string of the molecule is Cc1ccc(C(O)CCc2cccs2)cn1. The molecular formula is C13H15NOS. The van der Waals surface area contributed by atoms with Crippen molar-refractivity contribution in [2.75, 3.05) is 0 Å². The average Bonchev–Trinajstić information content (AvgIpc) is 2.80. The van der Waals surface area contributed by atoms with Gasteiger partial charge in [-0.2, -0.15) is 0 Å². The number of nitrogens with zero attached hydrogens (tertiary/aromatic N) is 1.